The van der Waals surface area contributed by atoms with Crippen LogP contribution in [0.15, 0.2) is 0 Å². The van der Waals surface area contributed by atoms with E-state index in [2.05, 4.69) is 13.8 Å². The molecule has 0 radical (unpaired) electrons. The van der Waals surface area contributed by atoms with Crippen LogP contribution in [-0.2, 0) is 4.79 Å². The van der Waals surface area contributed by atoms with Crippen molar-refractivity contribution < 1.29 is 4.79 Å². The Bertz CT molecular complexity index is 243. The van der Waals surface area contributed by atoms with Crippen molar-refractivity contribution in [1.29, 1.82) is 0 Å². The van der Waals surface area contributed by atoms with E-state index < -0.39 is 0 Å². The van der Waals surface area contributed by atoms with E-state index in [1.807, 2.05) is 30.5 Å². The highest BCUT2D eigenvalue weighted by Gasteiger charge is 2.29. The van der Waals surface area contributed by atoms with Crippen LogP contribution in [0.4, 0.5) is 0 Å². The van der Waals surface area contributed by atoms with Gasteiger partial charge in [0, 0.05) is 24.1 Å². The molecule has 1 saturated heterocycles. The summed E-state index contributed by atoms with van der Waals surface area (Å²) in [4.78, 5) is 14.0. The molecule has 94 valence electrons. The summed E-state index contributed by atoms with van der Waals surface area (Å²) in [5.41, 5.74) is 5.91. The van der Waals surface area contributed by atoms with Crippen molar-refractivity contribution in [2.45, 2.75) is 39.0 Å². The van der Waals surface area contributed by atoms with Crippen molar-refractivity contribution >= 4 is 17.7 Å². The van der Waals surface area contributed by atoms with Crippen molar-refractivity contribution in [2.75, 3.05) is 18.8 Å². The minimum absolute atomic E-state index is 0.126. The maximum atomic E-state index is 12.1. The molecule has 1 unspecified atom stereocenters. The zero-order chi connectivity index (χ0) is 12.3. The molecule has 2 N–H and O–H groups in total. The largest absolute Gasteiger partial charge is 0.339 e. The first-order chi connectivity index (χ1) is 7.43. The van der Waals surface area contributed by atoms with Crippen LogP contribution in [0.2, 0.25) is 0 Å². The zero-order valence-corrected chi connectivity index (χ0v) is 11.6. The summed E-state index contributed by atoms with van der Waals surface area (Å²) in [7, 11) is 0. The third-order valence-corrected chi connectivity index (χ3v) is 4.69. The Morgan fingerprint density at radius 3 is 2.50 bits per heavy atom. The number of carbonyl (C=O) groups excluding carboxylic acids is 1. The maximum Gasteiger partial charge on any atom is 0.239 e. The molecule has 0 saturated carbocycles. The van der Waals surface area contributed by atoms with Crippen LogP contribution in [0, 0.1) is 11.8 Å². The third-order valence-electron chi connectivity index (χ3n) is 3.15. The van der Waals surface area contributed by atoms with E-state index in [-0.39, 0.29) is 17.9 Å². The van der Waals surface area contributed by atoms with Crippen LogP contribution in [-0.4, -0.2) is 40.9 Å². The fourth-order valence-electron chi connectivity index (χ4n) is 1.77. The van der Waals surface area contributed by atoms with Crippen LogP contribution in [0.25, 0.3) is 0 Å². The van der Waals surface area contributed by atoms with Gasteiger partial charge >= 0.3 is 0 Å². The molecule has 1 aliphatic rings. The SMILES string of the molecule is CC(C)C1CN(C(=O)[C@@H](N)C(C)C)CCS1. The lowest BCUT2D eigenvalue weighted by atomic mass is 10.0. The molecular weight excluding hydrogens is 220 g/mol. The van der Waals surface area contributed by atoms with Gasteiger partial charge in [-0.2, -0.15) is 11.8 Å². The van der Waals surface area contributed by atoms with Gasteiger partial charge in [-0.3, -0.25) is 4.79 Å². The van der Waals surface area contributed by atoms with Crippen molar-refractivity contribution in [2.24, 2.45) is 17.6 Å². The number of thioether (sulfide) groups is 1. The van der Waals surface area contributed by atoms with Crippen LogP contribution < -0.4 is 5.73 Å². The topological polar surface area (TPSA) is 46.3 Å². The third kappa shape index (κ3) is 3.39. The standard InChI is InChI=1S/C12H24N2OS/c1-8(2)10-7-14(5-6-16-10)12(15)11(13)9(3)4/h8-11H,5-7,13H2,1-4H3/t10?,11-/m0/s1. The van der Waals surface area contributed by atoms with Gasteiger partial charge in [0.25, 0.3) is 0 Å². The number of nitrogens with zero attached hydrogens (tertiary/aromatic N) is 1. The van der Waals surface area contributed by atoms with E-state index in [0.717, 1.165) is 18.8 Å². The van der Waals surface area contributed by atoms with Crippen molar-refractivity contribution in [3.63, 3.8) is 0 Å². The van der Waals surface area contributed by atoms with E-state index in [0.29, 0.717) is 11.2 Å². The quantitative estimate of drug-likeness (QED) is 0.820. The highest BCUT2D eigenvalue weighted by Crippen LogP contribution is 2.25. The predicted octanol–water partition coefficient (Wildman–Crippen LogP) is 1.57. The predicted molar refractivity (Wildman–Crippen MR) is 70.5 cm³/mol. The number of hydrogen-bond donors (Lipinski definition) is 1. The molecular formula is C12H24N2OS. The number of rotatable bonds is 3. The molecule has 3 nitrogen and oxygen atoms in total. The minimum Gasteiger partial charge on any atom is -0.339 e. The minimum atomic E-state index is -0.337. The second-order valence-electron chi connectivity index (χ2n) is 5.21. The molecule has 0 spiro atoms. The average molecular weight is 244 g/mol. The molecule has 16 heavy (non-hydrogen) atoms. The Kier molecular flexibility index (Phi) is 5.12. The summed E-state index contributed by atoms with van der Waals surface area (Å²) in [6.45, 7) is 10.2. The van der Waals surface area contributed by atoms with Gasteiger partial charge in [0.2, 0.25) is 5.91 Å². The van der Waals surface area contributed by atoms with E-state index in [1.165, 1.54) is 0 Å². The van der Waals surface area contributed by atoms with Gasteiger partial charge in [-0.05, 0) is 11.8 Å². The highest BCUT2D eigenvalue weighted by atomic mass is 32.2. The van der Waals surface area contributed by atoms with Gasteiger partial charge in [-0.15, -0.1) is 0 Å². The molecule has 1 heterocycles. The molecule has 2 atom stereocenters. The Morgan fingerprint density at radius 2 is 2.00 bits per heavy atom. The van der Waals surface area contributed by atoms with Crippen molar-refractivity contribution in [3.8, 4) is 0 Å². The zero-order valence-electron chi connectivity index (χ0n) is 10.8. The lowest BCUT2D eigenvalue weighted by Crippen LogP contribution is -2.51. The molecule has 1 fully saturated rings. The molecule has 1 aliphatic heterocycles. The van der Waals surface area contributed by atoms with E-state index in [9.17, 15) is 4.79 Å². The van der Waals surface area contributed by atoms with Crippen molar-refractivity contribution in [3.05, 3.63) is 0 Å². The summed E-state index contributed by atoms with van der Waals surface area (Å²) in [6, 6.07) is -0.337. The monoisotopic (exact) mass is 244 g/mol. The molecule has 0 aromatic heterocycles. The van der Waals surface area contributed by atoms with Gasteiger partial charge in [0.15, 0.2) is 0 Å². The smallest absolute Gasteiger partial charge is 0.239 e. The number of hydrogen-bond acceptors (Lipinski definition) is 3. The van der Waals surface area contributed by atoms with Gasteiger partial charge in [-0.1, -0.05) is 27.7 Å². The molecule has 0 aliphatic carbocycles. The fourth-order valence-corrected chi connectivity index (χ4v) is 3.07. The summed E-state index contributed by atoms with van der Waals surface area (Å²) in [5, 5.41) is 0.567. The summed E-state index contributed by atoms with van der Waals surface area (Å²) in [5.74, 6) is 2.01. The highest BCUT2D eigenvalue weighted by molar-refractivity contribution is 8.00. The Balaban J connectivity index is 2.56. The molecule has 4 heteroatoms. The number of nitrogens with two attached hydrogens (primary N) is 1. The van der Waals surface area contributed by atoms with Crippen LogP contribution in [0.3, 0.4) is 0 Å². The summed E-state index contributed by atoms with van der Waals surface area (Å²) < 4.78 is 0. The average Bonchev–Trinajstić information content (AvgIpc) is 2.27. The van der Waals surface area contributed by atoms with Gasteiger partial charge in [-0.25, -0.2) is 0 Å². The Hall–Kier alpha value is -0.220. The molecule has 0 bridgehead atoms. The van der Waals surface area contributed by atoms with E-state index >= 15 is 0 Å². The van der Waals surface area contributed by atoms with Crippen LogP contribution >= 0.6 is 11.8 Å². The molecule has 1 rings (SSSR count). The first kappa shape index (κ1) is 13.8. The second-order valence-corrected chi connectivity index (χ2v) is 6.55. The first-order valence-electron chi connectivity index (χ1n) is 6.09. The lowest BCUT2D eigenvalue weighted by molar-refractivity contribution is -0.133. The van der Waals surface area contributed by atoms with Crippen LogP contribution in [0.5, 0.6) is 0 Å². The molecule has 0 aromatic rings. The number of carbonyl (C=O) groups is 1. The second kappa shape index (κ2) is 5.92. The maximum absolute atomic E-state index is 12.1. The van der Waals surface area contributed by atoms with Gasteiger partial charge < -0.3 is 10.6 Å². The van der Waals surface area contributed by atoms with Crippen LogP contribution in [0.1, 0.15) is 27.7 Å². The fraction of sp³-hybridized carbons (Fsp3) is 0.917. The lowest BCUT2D eigenvalue weighted by Gasteiger charge is -2.36. The van der Waals surface area contributed by atoms with Gasteiger partial charge in [0.05, 0.1) is 6.04 Å². The Morgan fingerprint density at radius 1 is 1.38 bits per heavy atom. The van der Waals surface area contributed by atoms with Crippen molar-refractivity contribution in [1.82, 2.24) is 4.90 Å². The molecule has 1 amide bonds. The normalized spacial score (nSPS) is 23.9. The first-order valence-corrected chi connectivity index (χ1v) is 7.14. The van der Waals surface area contributed by atoms with E-state index in [1.54, 1.807) is 0 Å². The Labute approximate surface area is 103 Å². The van der Waals surface area contributed by atoms with Gasteiger partial charge in [0.1, 0.15) is 0 Å². The summed E-state index contributed by atoms with van der Waals surface area (Å²) in [6.07, 6.45) is 0. The summed E-state index contributed by atoms with van der Waals surface area (Å²) >= 11 is 1.98. The van der Waals surface area contributed by atoms with E-state index in [4.69, 9.17) is 5.73 Å². The number of amides is 1. The molecule has 0 aromatic carbocycles.